The summed E-state index contributed by atoms with van der Waals surface area (Å²) >= 11 is 0. The summed E-state index contributed by atoms with van der Waals surface area (Å²) in [7, 11) is 2.44. The Morgan fingerprint density at radius 1 is 0.667 bits per heavy atom. The molecule has 0 aromatic heterocycles. The highest BCUT2D eigenvalue weighted by Gasteiger charge is 2.20. The summed E-state index contributed by atoms with van der Waals surface area (Å²) in [5, 5.41) is 5.37. The first-order valence-electron chi connectivity index (χ1n) is 14.8. The van der Waals surface area contributed by atoms with Crippen LogP contribution >= 0.6 is 0 Å². The minimum absolute atomic E-state index is 0.0275. The number of esters is 2. The molecule has 0 rings (SSSR count). The average molecular weight is 583 g/mol. The Bertz CT molecular complexity index is 973. The zero-order chi connectivity index (χ0) is 31.1. The monoisotopic (exact) mass is 582 g/mol. The maximum Gasteiger partial charge on any atom is 0.330 e. The number of allylic oxidation sites excluding steroid dienone is 12. The third-order valence-corrected chi connectivity index (χ3v) is 5.75. The second-order valence-electron chi connectivity index (χ2n) is 9.24. The van der Waals surface area contributed by atoms with Crippen molar-refractivity contribution in [2.24, 2.45) is 0 Å². The highest BCUT2D eigenvalue weighted by atomic mass is 16.5. The average Bonchev–Trinajstić information content (AvgIpc) is 2.99. The van der Waals surface area contributed by atoms with Crippen molar-refractivity contribution in [3.8, 4) is 0 Å². The van der Waals surface area contributed by atoms with Gasteiger partial charge in [0.15, 0.2) is 0 Å². The molecule has 0 fully saturated rings. The number of ether oxygens (including phenoxy) is 2. The summed E-state index contributed by atoms with van der Waals surface area (Å²) in [5.41, 5.74) is 0. The summed E-state index contributed by atoms with van der Waals surface area (Å²) in [6.07, 6.45) is 36.2. The third kappa shape index (κ3) is 25.1. The van der Waals surface area contributed by atoms with Gasteiger partial charge in [-0.2, -0.15) is 0 Å². The molecule has 232 valence electrons. The van der Waals surface area contributed by atoms with Gasteiger partial charge in [-0.3, -0.25) is 9.59 Å². The summed E-state index contributed by atoms with van der Waals surface area (Å²) < 4.78 is 9.15. The van der Waals surface area contributed by atoms with Crippen LogP contribution in [0.5, 0.6) is 0 Å². The van der Waals surface area contributed by atoms with Crippen LogP contribution in [0.4, 0.5) is 0 Å². The van der Waals surface area contributed by atoms with E-state index in [1.54, 1.807) is 0 Å². The van der Waals surface area contributed by atoms with E-state index in [0.717, 1.165) is 50.7 Å². The third-order valence-electron chi connectivity index (χ3n) is 5.75. The van der Waals surface area contributed by atoms with E-state index in [4.69, 9.17) is 4.74 Å². The lowest BCUT2D eigenvalue weighted by Gasteiger charge is -2.15. The fourth-order valence-corrected chi connectivity index (χ4v) is 3.47. The number of carbonyl (C=O) groups excluding carboxylic acids is 4. The zero-order valence-electron chi connectivity index (χ0n) is 25.6. The van der Waals surface area contributed by atoms with Crippen molar-refractivity contribution < 1.29 is 28.7 Å². The normalized spacial score (nSPS) is 12.9. The van der Waals surface area contributed by atoms with Crippen LogP contribution < -0.4 is 10.6 Å². The second-order valence-corrected chi connectivity index (χ2v) is 9.24. The topological polar surface area (TPSA) is 111 Å². The Labute approximate surface area is 252 Å². The Kier molecular flexibility index (Phi) is 25.9. The SMILES string of the molecule is CC/C=C\C/C=C\C/C=C\C/C=C\C/C=C\C/C=C\CCC(=O)NCCCCC(NC(=O)/C=C/C(=O)OC)C(=O)OC. The number of unbranched alkanes of at least 4 members (excludes halogenated alkanes) is 1. The minimum atomic E-state index is -0.839. The van der Waals surface area contributed by atoms with Crippen molar-refractivity contribution in [2.45, 2.75) is 83.6 Å². The first kappa shape index (κ1) is 38.1. The van der Waals surface area contributed by atoms with E-state index in [0.29, 0.717) is 38.6 Å². The molecule has 8 heteroatoms. The highest BCUT2D eigenvalue weighted by molar-refractivity contribution is 5.96. The molecule has 1 atom stereocenters. The molecule has 0 saturated heterocycles. The molecule has 0 aliphatic carbocycles. The number of rotatable bonds is 23. The van der Waals surface area contributed by atoms with Crippen molar-refractivity contribution in [3.05, 3.63) is 85.1 Å². The standard InChI is InChI=1S/C34H50N2O6/c1-4-5-6-7-8-9-10-11-12-13-14-15-16-17-18-19-20-21-22-26-31(37)35-29-24-23-25-30(34(40)42-3)36-32(38)27-28-33(39)41-2/h5-6,8-9,11-12,14-15,17-18,20-21,27-28,30H,4,7,10,13,16,19,22-26,29H2,1-3H3,(H,35,37)(H,36,38)/b6-5-,9-8-,12-11-,15-14-,18-17-,21-20-,28-27+. The van der Waals surface area contributed by atoms with Gasteiger partial charge in [0.05, 0.1) is 14.2 Å². The molecule has 0 aromatic carbocycles. The van der Waals surface area contributed by atoms with Crippen LogP contribution in [0.25, 0.3) is 0 Å². The lowest BCUT2D eigenvalue weighted by molar-refractivity contribution is -0.144. The van der Waals surface area contributed by atoms with Gasteiger partial charge in [-0.1, -0.05) is 79.8 Å². The van der Waals surface area contributed by atoms with Crippen LogP contribution in [0.1, 0.15) is 77.6 Å². The van der Waals surface area contributed by atoms with E-state index in [2.05, 4.69) is 89.1 Å². The molecule has 2 amide bonds. The van der Waals surface area contributed by atoms with Gasteiger partial charge in [-0.05, 0) is 64.2 Å². The van der Waals surface area contributed by atoms with Crippen LogP contribution in [-0.2, 0) is 28.7 Å². The number of nitrogens with one attached hydrogen (secondary N) is 2. The minimum Gasteiger partial charge on any atom is -0.467 e. The van der Waals surface area contributed by atoms with Crippen molar-refractivity contribution in [3.63, 3.8) is 0 Å². The van der Waals surface area contributed by atoms with E-state index < -0.39 is 23.9 Å². The predicted octanol–water partition coefficient (Wildman–Crippen LogP) is 6.14. The molecule has 0 radical (unpaired) electrons. The quantitative estimate of drug-likeness (QED) is 0.0648. The number of methoxy groups -OCH3 is 2. The van der Waals surface area contributed by atoms with Crippen molar-refractivity contribution in [1.82, 2.24) is 10.6 Å². The molecule has 1 unspecified atom stereocenters. The van der Waals surface area contributed by atoms with Gasteiger partial charge >= 0.3 is 11.9 Å². The molecule has 0 spiro atoms. The fourth-order valence-electron chi connectivity index (χ4n) is 3.47. The number of hydrogen-bond donors (Lipinski definition) is 2. The van der Waals surface area contributed by atoms with Gasteiger partial charge in [-0.25, -0.2) is 9.59 Å². The molecular weight excluding hydrogens is 532 g/mol. The number of carbonyl (C=O) groups is 4. The maximum atomic E-state index is 12.0. The van der Waals surface area contributed by atoms with E-state index in [1.165, 1.54) is 14.2 Å². The molecule has 0 saturated carbocycles. The largest absolute Gasteiger partial charge is 0.467 e. The van der Waals surface area contributed by atoms with Gasteiger partial charge in [0.2, 0.25) is 11.8 Å². The van der Waals surface area contributed by atoms with Crippen molar-refractivity contribution >= 4 is 23.8 Å². The van der Waals surface area contributed by atoms with Crippen LogP contribution in [-0.4, -0.2) is 50.6 Å². The van der Waals surface area contributed by atoms with Crippen molar-refractivity contribution in [1.29, 1.82) is 0 Å². The Morgan fingerprint density at radius 2 is 1.19 bits per heavy atom. The molecule has 0 aromatic rings. The number of amides is 2. The van der Waals surface area contributed by atoms with E-state index in [-0.39, 0.29) is 5.91 Å². The first-order chi connectivity index (χ1) is 20.4. The van der Waals surface area contributed by atoms with Crippen molar-refractivity contribution in [2.75, 3.05) is 20.8 Å². The second kappa shape index (κ2) is 28.6. The van der Waals surface area contributed by atoms with Gasteiger partial charge in [0.25, 0.3) is 0 Å². The predicted molar refractivity (Wildman–Crippen MR) is 169 cm³/mol. The van der Waals surface area contributed by atoms with Gasteiger partial charge in [0, 0.05) is 25.1 Å². The maximum absolute atomic E-state index is 12.0. The van der Waals surface area contributed by atoms with Gasteiger partial charge in [-0.15, -0.1) is 0 Å². The Balaban J connectivity index is 3.92. The first-order valence-corrected chi connectivity index (χ1v) is 14.8. The molecule has 0 aliphatic heterocycles. The molecule has 42 heavy (non-hydrogen) atoms. The highest BCUT2D eigenvalue weighted by Crippen LogP contribution is 2.04. The van der Waals surface area contributed by atoms with Crippen LogP contribution in [0.3, 0.4) is 0 Å². The zero-order valence-corrected chi connectivity index (χ0v) is 25.6. The van der Waals surface area contributed by atoms with Gasteiger partial charge in [0.1, 0.15) is 6.04 Å². The lowest BCUT2D eigenvalue weighted by atomic mass is 10.1. The summed E-state index contributed by atoms with van der Waals surface area (Å²) in [6.45, 7) is 2.62. The van der Waals surface area contributed by atoms with Gasteiger partial charge < -0.3 is 20.1 Å². The molecule has 0 aliphatic rings. The molecule has 8 nitrogen and oxygen atoms in total. The Hall–Kier alpha value is -3.94. The fraction of sp³-hybridized carbons (Fsp3) is 0.471. The van der Waals surface area contributed by atoms with E-state index in [9.17, 15) is 19.2 Å². The van der Waals surface area contributed by atoms with Crippen LogP contribution in [0.2, 0.25) is 0 Å². The number of hydrogen-bond acceptors (Lipinski definition) is 6. The van der Waals surface area contributed by atoms with E-state index >= 15 is 0 Å². The molecule has 0 bridgehead atoms. The lowest BCUT2D eigenvalue weighted by Crippen LogP contribution is -2.41. The summed E-state index contributed by atoms with van der Waals surface area (Å²) in [6, 6.07) is -0.839. The molecular formula is C34H50N2O6. The summed E-state index contributed by atoms with van der Waals surface area (Å²) in [5.74, 6) is -1.87. The Morgan fingerprint density at radius 3 is 1.69 bits per heavy atom. The molecule has 2 N–H and O–H groups in total. The summed E-state index contributed by atoms with van der Waals surface area (Å²) in [4.78, 5) is 46.9. The smallest absolute Gasteiger partial charge is 0.330 e. The van der Waals surface area contributed by atoms with Crippen LogP contribution in [0.15, 0.2) is 85.1 Å². The molecule has 0 heterocycles. The van der Waals surface area contributed by atoms with E-state index in [1.807, 2.05) is 6.08 Å². The van der Waals surface area contributed by atoms with Crippen LogP contribution in [0, 0.1) is 0 Å².